The van der Waals surface area contributed by atoms with Gasteiger partial charge < -0.3 is 4.90 Å². The van der Waals surface area contributed by atoms with Gasteiger partial charge in [0.05, 0.1) is 12.2 Å². The molecule has 9 nitrogen and oxygen atoms in total. The average Bonchev–Trinajstić information content (AvgIpc) is 3.47. The predicted molar refractivity (Wildman–Crippen MR) is 129 cm³/mol. The van der Waals surface area contributed by atoms with Crippen LogP contribution < -0.4 is 4.90 Å². The highest BCUT2D eigenvalue weighted by Gasteiger charge is 2.22. The summed E-state index contributed by atoms with van der Waals surface area (Å²) in [5.74, 6) is 2.32. The number of nitrogens with one attached hydrogen (secondary N) is 1. The number of nitrogens with zero attached hydrogens (tertiary/aromatic N) is 8. The molecule has 1 aromatic carbocycles. The second kappa shape index (κ2) is 9.48. The molecule has 9 heteroatoms. The Balaban J connectivity index is 1.59. The lowest BCUT2D eigenvalue weighted by atomic mass is 10.0. The number of anilines is 1. The molecular weight excluding hydrogens is 414 g/mol. The van der Waals surface area contributed by atoms with Crippen LogP contribution in [0.25, 0.3) is 22.6 Å². The zero-order chi connectivity index (χ0) is 23.4. The van der Waals surface area contributed by atoms with E-state index in [9.17, 15) is 0 Å². The van der Waals surface area contributed by atoms with Gasteiger partial charge in [-0.05, 0) is 44.0 Å². The molecule has 172 valence electrons. The lowest BCUT2D eigenvalue weighted by Gasteiger charge is -2.30. The molecule has 0 saturated heterocycles. The van der Waals surface area contributed by atoms with Gasteiger partial charge in [0.15, 0.2) is 0 Å². The van der Waals surface area contributed by atoms with Crippen molar-refractivity contribution in [1.82, 2.24) is 40.4 Å². The van der Waals surface area contributed by atoms with E-state index in [1.807, 2.05) is 48.3 Å². The van der Waals surface area contributed by atoms with Crippen LogP contribution in [0.1, 0.15) is 51.9 Å². The fourth-order valence-corrected chi connectivity index (χ4v) is 3.48. The fourth-order valence-electron chi connectivity index (χ4n) is 3.48. The number of hydrogen-bond acceptors (Lipinski definition) is 7. The monoisotopic (exact) mass is 445 g/mol. The van der Waals surface area contributed by atoms with Crippen LogP contribution >= 0.6 is 0 Å². The first-order valence-electron chi connectivity index (χ1n) is 11.3. The molecule has 0 aliphatic rings. The van der Waals surface area contributed by atoms with Crippen molar-refractivity contribution in [3.05, 3.63) is 54.0 Å². The summed E-state index contributed by atoms with van der Waals surface area (Å²) in [5.41, 5.74) is 3.73. The van der Waals surface area contributed by atoms with Crippen LogP contribution in [-0.4, -0.2) is 53.0 Å². The predicted octanol–water partition coefficient (Wildman–Crippen LogP) is 4.15. The molecule has 4 aromatic rings. The topological polar surface area (TPSA) is 101 Å². The van der Waals surface area contributed by atoms with E-state index in [4.69, 9.17) is 15.1 Å². The standard InChI is InChI=1S/C24H31N9/c1-6-7-12-21-26-23(32(5)24(2,3)4)29-33(21)16-17-13-14-20(25-15-17)18-10-8-9-11-19(18)22-27-30-31-28-22/h8-11,13-15H,6-7,12,16H2,1-5H3,(H,27,28,30,31). The van der Waals surface area contributed by atoms with Gasteiger partial charge in [0.2, 0.25) is 11.8 Å². The highest BCUT2D eigenvalue weighted by molar-refractivity contribution is 5.78. The molecule has 3 heterocycles. The van der Waals surface area contributed by atoms with Crippen molar-refractivity contribution in [3.63, 3.8) is 0 Å². The minimum absolute atomic E-state index is 0.0521. The minimum atomic E-state index is -0.0521. The Morgan fingerprint density at radius 2 is 1.85 bits per heavy atom. The molecule has 0 spiro atoms. The number of aromatic nitrogens is 8. The van der Waals surface area contributed by atoms with E-state index in [-0.39, 0.29) is 5.54 Å². The molecule has 4 rings (SSSR count). The van der Waals surface area contributed by atoms with E-state index in [1.54, 1.807) is 0 Å². The quantitative estimate of drug-likeness (QED) is 0.435. The van der Waals surface area contributed by atoms with Crippen LogP contribution in [0.15, 0.2) is 42.6 Å². The van der Waals surface area contributed by atoms with Crippen molar-refractivity contribution in [2.45, 2.75) is 59.0 Å². The summed E-state index contributed by atoms with van der Waals surface area (Å²) in [6.07, 6.45) is 5.01. The summed E-state index contributed by atoms with van der Waals surface area (Å²) in [6.45, 7) is 9.30. The number of tetrazole rings is 1. The third kappa shape index (κ3) is 5.08. The fraction of sp³-hybridized carbons (Fsp3) is 0.417. The number of H-pyrrole nitrogens is 1. The highest BCUT2D eigenvalue weighted by atomic mass is 15.5. The van der Waals surface area contributed by atoms with Gasteiger partial charge >= 0.3 is 0 Å². The second-order valence-corrected chi connectivity index (χ2v) is 9.15. The average molecular weight is 446 g/mol. The summed E-state index contributed by atoms with van der Waals surface area (Å²) in [5, 5.41) is 19.3. The number of unbranched alkanes of at least 4 members (excludes halogenated alkanes) is 1. The molecule has 0 amide bonds. The van der Waals surface area contributed by atoms with Gasteiger partial charge in [-0.2, -0.15) is 10.2 Å². The second-order valence-electron chi connectivity index (χ2n) is 9.15. The molecule has 0 aliphatic heterocycles. The third-order valence-electron chi connectivity index (χ3n) is 5.74. The van der Waals surface area contributed by atoms with Crippen LogP contribution in [0, 0.1) is 0 Å². The van der Waals surface area contributed by atoms with Gasteiger partial charge in [0.1, 0.15) is 5.82 Å². The van der Waals surface area contributed by atoms with Gasteiger partial charge in [-0.15, -0.1) is 15.3 Å². The molecule has 0 aliphatic carbocycles. The maximum Gasteiger partial charge on any atom is 0.245 e. The Kier molecular flexibility index (Phi) is 6.48. The van der Waals surface area contributed by atoms with Crippen molar-refractivity contribution in [2.24, 2.45) is 0 Å². The Morgan fingerprint density at radius 1 is 1.06 bits per heavy atom. The number of aromatic amines is 1. The van der Waals surface area contributed by atoms with E-state index in [0.29, 0.717) is 12.4 Å². The molecular formula is C24H31N9. The number of hydrogen-bond donors (Lipinski definition) is 1. The van der Waals surface area contributed by atoms with Crippen molar-refractivity contribution in [2.75, 3.05) is 11.9 Å². The first kappa shape index (κ1) is 22.6. The molecule has 0 saturated carbocycles. The molecule has 0 fully saturated rings. The van der Waals surface area contributed by atoms with Crippen LogP contribution in [0.4, 0.5) is 5.95 Å². The molecule has 0 unspecified atom stereocenters. The number of benzene rings is 1. The Morgan fingerprint density at radius 3 is 2.48 bits per heavy atom. The highest BCUT2D eigenvalue weighted by Crippen LogP contribution is 2.28. The smallest absolute Gasteiger partial charge is 0.245 e. The molecule has 0 radical (unpaired) electrons. The summed E-state index contributed by atoms with van der Waals surface area (Å²) < 4.78 is 2.01. The van der Waals surface area contributed by atoms with Gasteiger partial charge in [0, 0.05) is 36.3 Å². The zero-order valence-corrected chi connectivity index (χ0v) is 19.9. The Bertz CT molecular complexity index is 1170. The Labute approximate surface area is 194 Å². The Hall–Kier alpha value is -3.62. The van der Waals surface area contributed by atoms with Gasteiger partial charge in [-0.3, -0.25) is 4.98 Å². The maximum atomic E-state index is 4.85. The molecule has 0 atom stereocenters. The number of rotatable bonds is 8. The van der Waals surface area contributed by atoms with E-state index in [0.717, 1.165) is 53.4 Å². The number of aryl methyl sites for hydroxylation is 1. The summed E-state index contributed by atoms with van der Waals surface area (Å²) in [4.78, 5) is 11.7. The van der Waals surface area contributed by atoms with Crippen molar-refractivity contribution < 1.29 is 0 Å². The van der Waals surface area contributed by atoms with Crippen molar-refractivity contribution in [1.29, 1.82) is 0 Å². The summed E-state index contributed by atoms with van der Waals surface area (Å²) in [7, 11) is 2.04. The summed E-state index contributed by atoms with van der Waals surface area (Å²) >= 11 is 0. The maximum absolute atomic E-state index is 4.85. The van der Waals surface area contributed by atoms with E-state index < -0.39 is 0 Å². The van der Waals surface area contributed by atoms with Crippen LogP contribution in [0.2, 0.25) is 0 Å². The lowest BCUT2D eigenvalue weighted by Crippen LogP contribution is -2.38. The lowest BCUT2D eigenvalue weighted by molar-refractivity contribution is 0.525. The van der Waals surface area contributed by atoms with Crippen molar-refractivity contribution >= 4 is 5.95 Å². The van der Waals surface area contributed by atoms with Gasteiger partial charge in [-0.25, -0.2) is 4.68 Å². The van der Waals surface area contributed by atoms with Gasteiger partial charge in [-0.1, -0.05) is 43.7 Å². The third-order valence-corrected chi connectivity index (χ3v) is 5.74. The normalized spacial score (nSPS) is 11.7. The zero-order valence-electron chi connectivity index (χ0n) is 19.9. The molecule has 3 aromatic heterocycles. The minimum Gasteiger partial charge on any atom is -0.338 e. The van der Waals surface area contributed by atoms with Crippen molar-refractivity contribution in [3.8, 4) is 22.6 Å². The molecule has 33 heavy (non-hydrogen) atoms. The van der Waals surface area contributed by atoms with Crippen LogP contribution in [0.3, 0.4) is 0 Å². The first-order valence-corrected chi connectivity index (χ1v) is 11.3. The van der Waals surface area contributed by atoms with Crippen LogP contribution in [0.5, 0.6) is 0 Å². The van der Waals surface area contributed by atoms with Gasteiger partial charge in [0.25, 0.3) is 0 Å². The molecule has 0 bridgehead atoms. The van der Waals surface area contributed by atoms with Crippen LogP contribution in [-0.2, 0) is 13.0 Å². The van der Waals surface area contributed by atoms with E-state index in [1.165, 1.54) is 0 Å². The SMILES string of the molecule is CCCCc1nc(N(C)C(C)(C)C)nn1Cc1ccc(-c2ccccc2-c2nn[nH]n2)nc1. The summed E-state index contributed by atoms with van der Waals surface area (Å²) in [6, 6.07) is 12.0. The number of pyridine rings is 1. The first-order chi connectivity index (χ1) is 15.9. The van der Waals surface area contributed by atoms with E-state index >= 15 is 0 Å². The largest absolute Gasteiger partial charge is 0.338 e. The van der Waals surface area contributed by atoms with E-state index in [2.05, 4.69) is 59.3 Å². The molecule has 1 N–H and O–H groups in total.